The average molecular weight is 392 g/mol. The normalized spacial score (nSPS) is 14.9. The van der Waals surface area contributed by atoms with Crippen molar-refractivity contribution in [1.29, 1.82) is 0 Å². The van der Waals surface area contributed by atoms with Gasteiger partial charge in [0, 0.05) is 53.2 Å². The predicted octanol–water partition coefficient (Wildman–Crippen LogP) is 3.67. The van der Waals surface area contributed by atoms with E-state index in [0.29, 0.717) is 46.7 Å². The van der Waals surface area contributed by atoms with Gasteiger partial charge >= 0.3 is 0 Å². The van der Waals surface area contributed by atoms with E-state index in [1.807, 2.05) is 4.90 Å². The zero-order valence-electron chi connectivity index (χ0n) is 14.1. The number of benzene rings is 1. The van der Waals surface area contributed by atoms with Crippen LogP contribution >= 0.6 is 23.2 Å². The highest BCUT2D eigenvalue weighted by Crippen LogP contribution is 2.20. The Morgan fingerprint density at radius 3 is 2.27 bits per heavy atom. The van der Waals surface area contributed by atoms with Gasteiger partial charge in [-0.3, -0.25) is 14.6 Å². The molecule has 1 aromatic heterocycles. The first kappa shape index (κ1) is 18.7. The van der Waals surface area contributed by atoms with Crippen molar-refractivity contribution in [2.24, 2.45) is 5.92 Å². The molecule has 2 aromatic rings. The predicted molar refractivity (Wildman–Crippen MR) is 102 cm³/mol. The number of pyridine rings is 1. The fourth-order valence-corrected chi connectivity index (χ4v) is 3.57. The Hall–Kier alpha value is -2.11. The van der Waals surface area contributed by atoms with Crippen molar-refractivity contribution in [3.05, 3.63) is 63.9 Å². The lowest BCUT2D eigenvalue weighted by atomic mass is 9.96. The van der Waals surface area contributed by atoms with Crippen molar-refractivity contribution >= 4 is 35.0 Å². The molecule has 1 N–H and O–H groups in total. The van der Waals surface area contributed by atoms with Crippen molar-refractivity contribution in [1.82, 2.24) is 15.2 Å². The summed E-state index contributed by atoms with van der Waals surface area (Å²) in [6.07, 6.45) is 4.95. The maximum atomic E-state index is 12.4. The molecule has 2 heterocycles. The lowest BCUT2D eigenvalue weighted by Crippen LogP contribution is -2.41. The van der Waals surface area contributed by atoms with Gasteiger partial charge in [0.2, 0.25) is 0 Å². The van der Waals surface area contributed by atoms with Gasteiger partial charge in [-0.05, 0) is 49.1 Å². The van der Waals surface area contributed by atoms with E-state index in [1.54, 1.807) is 42.7 Å². The lowest BCUT2D eigenvalue weighted by Gasteiger charge is -2.32. The van der Waals surface area contributed by atoms with Crippen LogP contribution in [0.2, 0.25) is 10.0 Å². The van der Waals surface area contributed by atoms with E-state index in [0.717, 1.165) is 12.8 Å². The van der Waals surface area contributed by atoms with Crippen LogP contribution in [-0.2, 0) is 0 Å². The van der Waals surface area contributed by atoms with Crippen molar-refractivity contribution in [2.45, 2.75) is 12.8 Å². The van der Waals surface area contributed by atoms with E-state index in [2.05, 4.69) is 10.3 Å². The Morgan fingerprint density at radius 2 is 1.65 bits per heavy atom. The molecule has 0 aliphatic carbocycles. The lowest BCUT2D eigenvalue weighted by molar-refractivity contribution is 0.0684. The average Bonchev–Trinajstić information content (AvgIpc) is 2.66. The Balaban J connectivity index is 1.48. The minimum absolute atomic E-state index is 0.0310. The summed E-state index contributed by atoms with van der Waals surface area (Å²) in [5.41, 5.74) is 1.11. The highest BCUT2D eigenvalue weighted by molar-refractivity contribution is 6.35. The molecule has 3 rings (SSSR count). The number of amides is 2. The number of aromatic nitrogens is 1. The maximum Gasteiger partial charge on any atom is 0.253 e. The third-order valence-electron chi connectivity index (χ3n) is 4.51. The van der Waals surface area contributed by atoms with Crippen molar-refractivity contribution in [2.75, 3.05) is 19.6 Å². The van der Waals surface area contributed by atoms with Gasteiger partial charge in [-0.2, -0.15) is 0 Å². The largest absolute Gasteiger partial charge is 0.352 e. The molecule has 0 saturated carbocycles. The molecule has 1 fully saturated rings. The van der Waals surface area contributed by atoms with E-state index < -0.39 is 0 Å². The van der Waals surface area contributed by atoms with E-state index in [-0.39, 0.29) is 11.8 Å². The van der Waals surface area contributed by atoms with Crippen LogP contribution < -0.4 is 5.32 Å². The summed E-state index contributed by atoms with van der Waals surface area (Å²) >= 11 is 11.9. The molecule has 0 bridgehead atoms. The summed E-state index contributed by atoms with van der Waals surface area (Å²) < 4.78 is 0. The molecule has 1 aromatic carbocycles. The standard InChI is InChI=1S/C19H19Cl2N3O2/c20-16-9-15(10-17(21)11-16)18(25)23-12-13-3-7-24(8-4-13)19(26)14-1-5-22-6-2-14/h1-2,5-6,9-11,13H,3-4,7-8,12H2,(H,23,25). The van der Waals surface area contributed by atoms with Gasteiger partial charge in [0.25, 0.3) is 11.8 Å². The minimum Gasteiger partial charge on any atom is -0.352 e. The fourth-order valence-electron chi connectivity index (χ4n) is 3.04. The van der Waals surface area contributed by atoms with Gasteiger partial charge in [0.05, 0.1) is 0 Å². The molecule has 136 valence electrons. The van der Waals surface area contributed by atoms with Gasteiger partial charge in [0.1, 0.15) is 0 Å². The number of hydrogen-bond acceptors (Lipinski definition) is 3. The van der Waals surface area contributed by atoms with Crippen LogP contribution in [0.5, 0.6) is 0 Å². The maximum absolute atomic E-state index is 12.4. The fraction of sp³-hybridized carbons (Fsp3) is 0.316. The molecule has 0 spiro atoms. The summed E-state index contributed by atoms with van der Waals surface area (Å²) in [4.78, 5) is 30.5. The van der Waals surface area contributed by atoms with Crippen molar-refractivity contribution in [3.63, 3.8) is 0 Å². The number of carbonyl (C=O) groups is 2. The number of piperidine rings is 1. The van der Waals surface area contributed by atoms with Crippen LogP contribution in [0, 0.1) is 5.92 Å². The van der Waals surface area contributed by atoms with Crippen LogP contribution in [0.3, 0.4) is 0 Å². The first-order valence-corrected chi connectivity index (χ1v) is 9.22. The minimum atomic E-state index is -0.190. The SMILES string of the molecule is O=C(NCC1CCN(C(=O)c2ccncc2)CC1)c1cc(Cl)cc(Cl)c1. The summed E-state index contributed by atoms with van der Waals surface area (Å²) in [5.74, 6) is 0.184. The highest BCUT2D eigenvalue weighted by Gasteiger charge is 2.24. The Kier molecular flexibility index (Phi) is 6.12. The molecule has 1 aliphatic heterocycles. The molecule has 1 aliphatic rings. The van der Waals surface area contributed by atoms with Crippen molar-refractivity contribution in [3.8, 4) is 0 Å². The zero-order valence-corrected chi connectivity index (χ0v) is 15.6. The monoisotopic (exact) mass is 391 g/mol. The molecule has 0 radical (unpaired) electrons. The van der Waals surface area contributed by atoms with Crippen LogP contribution in [0.4, 0.5) is 0 Å². The van der Waals surface area contributed by atoms with Crippen molar-refractivity contribution < 1.29 is 9.59 Å². The zero-order chi connectivity index (χ0) is 18.5. The summed E-state index contributed by atoms with van der Waals surface area (Å²) in [5, 5.41) is 3.80. The van der Waals surface area contributed by atoms with Crippen LogP contribution in [-0.4, -0.2) is 41.3 Å². The second-order valence-corrected chi connectivity index (χ2v) is 7.21. The molecule has 1 saturated heterocycles. The number of nitrogens with zero attached hydrogens (tertiary/aromatic N) is 2. The number of rotatable bonds is 4. The van der Waals surface area contributed by atoms with E-state index in [9.17, 15) is 9.59 Å². The summed E-state index contributed by atoms with van der Waals surface area (Å²) in [7, 11) is 0. The summed E-state index contributed by atoms with van der Waals surface area (Å²) in [6.45, 7) is 1.94. The van der Waals surface area contributed by atoms with Gasteiger partial charge in [-0.1, -0.05) is 23.2 Å². The van der Waals surface area contributed by atoms with Gasteiger partial charge in [0.15, 0.2) is 0 Å². The third kappa shape index (κ3) is 4.74. The Morgan fingerprint density at radius 1 is 1.04 bits per heavy atom. The molecule has 7 heteroatoms. The smallest absolute Gasteiger partial charge is 0.253 e. The number of carbonyl (C=O) groups excluding carboxylic acids is 2. The van der Waals surface area contributed by atoms with Gasteiger partial charge < -0.3 is 10.2 Å². The van der Waals surface area contributed by atoms with Crippen LogP contribution in [0.15, 0.2) is 42.7 Å². The first-order valence-electron chi connectivity index (χ1n) is 8.46. The number of halogens is 2. The second-order valence-electron chi connectivity index (χ2n) is 6.34. The van der Waals surface area contributed by atoms with E-state index >= 15 is 0 Å². The Bertz CT molecular complexity index is 770. The van der Waals surface area contributed by atoms with E-state index in [4.69, 9.17) is 23.2 Å². The quantitative estimate of drug-likeness (QED) is 0.864. The molecule has 26 heavy (non-hydrogen) atoms. The molecule has 0 unspecified atom stereocenters. The Labute approximate surface area is 162 Å². The molecule has 0 atom stereocenters. The third-order valence-corrected chi connectivity index (χ3v) is 4.94. The topological polar surface area (TPSA) is 62.3 Å². The second kappa shape index (κ2) is 8.52. The number of likely N-dealkylation sites (tertiary alicyclic amines) is 1. The highest BCUT2D eigenvalue weighted by atomic mass is 35.5. The van der Waals surface area contributed by atoms with E-state index in [1.165, 1.54) is 0 Å². The number of hydrogen-bond donors (Lipinski definition) is 1. The molecular formula is C19H19Cl2N3O2. The summed E-state index contributed by atoms with van der Waals surface area (Å²) in [6, 6.07) is 8.24. The molecular weight excluding hydrogens is 373 g/mol. The van der Waals surface area contributed by atoms with Crippen LogP contribution in [0.25, 0.3) is 0 Å². The van der Waals surface area contributed by atoms with Gasteiger partial charge in [-0.25, -0.2) is 0 Å². The molecule has 5 nitrogen and oxygen atoms in total. The van der Waals surface area contributed by atoms with Gasteiger partial charge in [-0.15, -0.1) is 0 Å². The number of nitrogens with one attached hydrogen (secondary N) is 1. The van der Waals surface area contributed by atoms with Crippen LogP contribution in [0.1, 0.15) is 33.6 Å². The first-order chi connectivity index (χ1) is 12.5. The molecule has 2 amide bonds.